The number of phenolic OH excluding ortho intramolecular Hbond substituents is 1. The summed E-state index contributed by atoms with van der Waals surface area (Å²) in [5.41, 5.74) is 7.80. The second-order valence-corrected chi connectivity index (χ2v) is 17.0. The number of ether oxygens (including phenoxy) is 1. The van der Waals surface area contributed by atoms with Crippen LogP contribution in [0.25, 0.3) is 0 Å². The molecule has 3 aromatic carbocycles. The van der Waals surface area contributed by atoms with Crippen LogP contribution in [-0.4, -0.2) is 90.6 Å². The molecule has 55 heavy (non-hydrogen) atoms. The van der Waals surface area contributed by atoms with Gasteiger partial charge in [0.2, 0.25) is 11.8 Å². The lowest BCUT2D eigenvalue weighted by Gasteiger charge is -2.43. The first-order valence-electron chi connectivity index (χ1n) is 20.9. The van der Waals surface area contributed by atoms with Crippen molar-refractivity contribution in [2.45, 2.75) is 95.4 Å². The van der Waals surface area contributed by atoms with E-state index in [-0.39, 0.29) is 42.3 Å². The highest BCUT2D eigenvalue weighted by atomic mass is 16.5. The van der Waals surface area contributed by atoms with E-state index < -0.39 is 6.04 Å². The molecule has 0 unspecified atom stereocenters. The van der Waals surface area contributed by atoms with Gasteiger partial charge < -0.3 is 24.5 Å². The van der Waals surface area contributed by atoms with Crippen molar-refractivity contribution in [3.05, 3.63) is 88.5 Å². The molecule has 10 nitrogen and oxygen atoms in total. The number of nitrogens with zero attached hydrogens (tertiary/aromatic N) is 4. The highest BCUT2D eigenvalue weighted by Crippen LogP contribution is 2.48. The van der Waals surface area contributed by atoms with Crippen molar-refractivity contribution in [3.63, 3.8) is 0 Å². The number of fused-ring (bicyclic) bond motifs is 2. The van der Waals surface area contributed by atoms with E-state index in [1.807, 2.05) is 24.3 Å². The number of benzene rings is 3. The SMILES string of the molecule is C[C@H]1O[C@@H](C2CCCCC2)[C@@H](c2ccc(N3CCC(CN4CCN(c5ccc6c(c5)CN([C@H]5CCC(=O)NC5=O)C6=O)CC4)CC3)cc2)c2ccc(O)cc21. The molecule has 2 N–H and O–H groups in total. The fourth-order valence-corrected chi connectivity index (χ4v) is 10.6. The van der Waals surface area contributed by atoms with E-state index in [0.717, 1.165) is 62.6 Å². The van der Waals surface area contributed by atoms with Crippen molar-refractivity contribution in [1.29, 1.82) is 0 Å². The number of carbonyl (C=O) groups excluding carboxylic acids is 3. The predicted molar refractivity (Wildman–Crippen MR) is 212 cm³/mol. The lowest BCUT2D eigenvalue weighted by Crippen LogP contribution is -2.52. The molecular weight excluding hydrogens is 691 g/mol. The molecule has 9 rings (SSSR count). The lowest BCUT2D eigenvalue weighted by molar-refractivity contribution is -0.136. The van der Waals surface area contributed by atoms with Crippen LogP contribution in [-0.2, 0) is 20.9 Å². The Hall–Kier alpha value is -4.41. The second kappa shape index (κ2) is 15.3. The van der Waals surface area contributed by atoms with Crippen LogP contribution in [0.1, 0.15) is 109 Å². The Labute approximate surface area is 324 Å². The number of rotatable bonds is 7. The molecule has 5 aliphatic heterocycles. The molecule has 0 radical (unpaired) electrons. The maximum atomic E-state index is 13.2. The standard InChI is InChI=1S/C45H55N5O5/c1-29-39-26-36(51)12-14-38(39)42(43(55-29)32-5-3-2-4-6-32)31-7-9-34(10-8-31)48-19-17-30(18-20-48)27-47-21-23-49(24-22-47)35-11-13-37-33(25-35)28-50(45(37)54)40-15-16-41(52)46-44(40)53/h7-14,25-26,29-30,32,40,42-43,51H,2-6,15-24,27-28H2,1H3,(H,46,52,53)/t29-,40+,42+,43+/m1/s1. The van der Waals surface area contributed by atoms with Crippen LogP contribution >= 0.6 is 0 Å². The highest BCUT2D eigenvalue weighted by molar-refractivity contribution is 6.05. The van der Waals surface area contributed by atoms with Gasteiger partial charge in [-0.3, -0.25) is 24.6 Å². The number of piperazine rings is 1. The molecule has 6 aliphatic rings. The highest BCUT2D eigenvalue weighted by Gasteiger charge is 2.41. The normalized spacial score (nSPS) is 26.9. The summed E-state index contributed by atoms with van der Waals surface area (Å²) in [5, 5.41) is 12.7. The van der Waals surface area contributed by atoms with Gasteiger partial charge in [-0.15, -0.1) is 0 Å². The van der Waals surface area contributed by atoms with Crippen molar-refractivity contribution in [1.82, 2.24) is 15.1 Å². The smallest absolute Gasteiger partial charge is 0.255 e. The maximum absolute atomic E-state index is 13.2. The fourth-order valence-electron chi connectivity index (χ4n) is 10.6. The average molecular weight is 746 g/mol. The van der Waals surface area contributed by atoms with Crippen LogP contribution in [0.15, 0.2) is 60.7 Å². The number of hydrogen-bond acceptors (Lipinski definition) is 8. The van der Waals surface area contributed by atoms with E-state index in [1.54, 1.807) is 4.90 Å². The predicted octanol–water partition coefficient (Wildman–Crippen LogP) is 6.36. The van der Waals surface area contributed by atoms with Gasteiger partial charge in [0.1, 0.15) is 11.8 Å². The zero-order valence-electron chi connectivity index (χ0n) is 32.1. The Morgan fingerprint density at radius 2 is 1.49 bits per heavy atom. The van der Waals surface area contributed by atoms with Crippen LogP contribution in [0.3, 0.4) is 0 Å². The van der Waals surface area contributed by atoms with Gasteiger partial charge in [-0.25, -0.2) is 0 Å². The third kappa shape index (κ3) is 7.24. The van der Waals surface area contributed by atoms with Gasteiger partial charge in [0.05, 0.1) is 12.2 Å². The Bertz CT molecular complexity index is 1910. The molecule has 1 aliphatic carbocycles. The summed E-state index contributed by atoms with van der Waals surface area (Å²) in [6.07, 6.45) is 9.54. The molecule has 0 spiro atoms. The van der Waals surface area contributed by atoms with Gasteiger partial charge in [-0.05, 0) is 116 Å². The number of aromatic hydroxyl groups is 1. The molecule has 1 saturated carbocycles. The first-order valence-corrected chi connectivity index (χ1v) is 20.9. The minimum Gasteiger partial charge on any atom is -0.508 e. The molecule has 3 amide bonds. The van der Waals surface area contributed by atoms with Crippen molar-refractivity contribution in [2.24, 2.45) is 11.8 Å². The molecule has 0 bridgehead atoms. The summed E-state index contributed by atoms with van der Waals surface area (Å²) >= 11 is 0. The lowest BCUT2D eigenvalue weighted by atomic mass is 9.72. The molecular formula is C45H55N5O5. The summed E-state index contributed by atoms with van der Waals surface area (Å²) in [6.45, 7) is 9.78. The molecule has 3 aromatic rings. The summed E-state index contributed by atoms with van der Waals surface area (Å²) < 4.78 is 6.81. The molecule has 4 fully saturated rings. The first kappa shape index (κ1) is 36.2. The zero-order valence-corrected chi connectivity index (χ0v) is 32.1. The Kier molecular flexibility index (Phi) is 10.1. The number of anilines is 2. The topological polar surface area (TPSA) is 106 Å². The van der Waals surface area contributed by atoms with Gasteiger partial charge in [0, 0.05) is 81.6 Å². The van der Waals surface area contributed by atoms with Gasteiger partial charge in [0.25, 0.3) is 5.91 Å². The van der Waals surface area contributed by atoms with Gasteiger partial charge in [0.15, 0.2) is 0 Å². The number of nitrogens with one attached hydrogen (secondary N) is 1. The Balaban J connectivity index is 0.779. The molecule has 5 heterocycles. The van der Waals surface area contributed by atoms with E-state index in [4.69, 9.17) is 4.74 Å². The zero-order chi connectivity index (χ0) is 37.6. The van der Waals surface area contributed by atoms with Crippen molar-refractivity contribution >= 4 is 29.1 Å². The number of piperidine rings is 2. The van der Waals surface area contributed by atoms with Crippen molar-refractivity contribution in [2.75, 3.05) is 55.6 Å². The van der Waals surface area contributed by atoms with Gasteiger partial charge >= 0.3 is 0 Å². The number of imide groups is 1. The molecule has 0 aromatic heterocycles. The van der Waals surface area contributed by atoms with Gasteiger partial charge in [-0.2, -0.15) is 0 Å². The second-order valence-electron chi connectivity index (χ2n) is 17.0. The summed E-state index contributed by atoms with van der Waals surface area (Å²) in [7, 11) is 0. The maximum Gasteiger partial charge on any atom is 0.255 e. The molecule has 3 saturated heterocycles. The summed E-state index contributed by atoms with van der Waals surface area (Å²) in [6, 6.07) is 20.7. The average Bonchev–Trinajstić information content (AvgIpc) is 3.53. The monoisotopic (exact) mass is 745 g/mol. The van der Waals surface area contributed by atoms with E-state index in [9.17, 15) is 19.5 Å². The van der Waals surface area contributed by atoms with Crippen molar-refractivity contribution < 1.29 is 24.2 Å². The quantitative estimate of drug-likeness (QED) is 0.269. The van der Waals surface area contributed by atoms with Crippen LogP contribution in [0.4, 0.5) is 11.4 Å². The number of carbonyl (C=O) groups is 3. The number of amides is 3. The minimum atomic E-state index is -0.585. The fraction of sp³-hybridized carbons (Fsp3) is 0.533. The number of phenols is 1. The van der Waals surface area contributed by atoms with E-state index >= 15 is 0 Å². The van der Waals surface area contributed by atoms with Crippen LogP contribution < -0.4 is 15.1 Å². The van der Waals surface area contributed by atoms with Crippen LogP contribution in [0, 0.1) is 11.8 Å². The van der Waals surface area contributed by atoms with E-state index in [0.29, 0.717) is 36.1 Å². The first-order chi connectivity index (χ1) is 26.8. The third-order valence-electron chi connectivity index (χ3n) is 13.6. The third-order valence-corrected chi connectivity index (χ3v) is 13.6. The van der Waals surface area contributed by atoms with E-state index in [2.05, 4.69) is 63.3 Å². The summed E-state index contributed by atoms with van der Waals surface area (Å²) in [4.78, 5) is 46.5. The Morgan fingerprint density at radius 1 is 0.764 bits per heavy atom. The largest absolute Gasteiger partial charge is 0.508 e. The minimum absolute atomic E-state index is 0.0193. The number of hydrogen-bond donors (Lipinski definition) is 2. The molecule has 290 valence electrons. The molecule has 4 atom stereocenters. The van der Waals surface area contributed by atoms with E-state index in [1.165, 1.54) is 61.8 Å². The Morgan fingerprint density at radius 3 is 2.24 bits per heavy atom. The van der Waals surface area contributed by atoms with Crippen LogP contribution in [0.5, 0.6) is 5.75 Å². The summed E-state index contributed by atoms with van der Waals surface area (Å²) in [5.74, 6) is 0.988. The molecule has 10 heteroatoms. The van der Waals surface area contributed by atoms with Gasteiger partial charge in [-0.1, -0.05) is 37.5 Å². The van der Waals surface area contributed by atoms with Crippen molar-refractivity contribution in [3.8, 4) is 5.75 Å². The van der Waals surface area contributed by atoms with Crippen LogP contribution in [0.2, 0.25) is 0 Å².